The zero-order valence-electron chi connectivity index (χ0n) is 22.3. The lowest BCUT2D eigenvalue weighted by molar-refractivity contribution is -0.00614. The molecule has 1 saturated heterocycles. The normalized spacial score (nSPS) is 15.7. The average Bonchev–Trinajstić information content (AvgIpc) is 3.33. The van der Waals surface area contributed by atoms with Crippen LogP contribution in [0.15, 0.2) is 59.0 Å². The Balaban J connectivity index is 1.36. The van der Waals surface area contributed by atoms with Crippen molar-refractivity contribution in [3.8, 4) is 17.2 Å². The van der Waals surface area contributed by atoms with Crippen molar-refractivity contribution < 1.29 is 28.2 Å². The van der Waals surface area contributed by atoms with E-state index in [-0.39, 0.29) is 12.6 Å². The molecule has 4 rings (SSSR count). The van der Waals surface area contributed by atoms with Crippen LogP contribution in [0, 0.1) is 6.92 Å². The van der Waals surface area contributed by atoms with E-state index in [9.17, 15) is 9.59 Å². The molecule has 0 saturated carbocycles. The third-order valence-corrected chi connectivity index (χ3v) is 5.92. The van der Waals surface area contributed by atoms with Gasteiger partial charge in [-0.1, -0.05) is 30.3 Å². The fourth-order valence-corrected chi connectivity index (χ4v) is 4.06. The Bertz CT molecular complexity index is 1210. The third-order valence-electron chi connectivity index (χ3n) is 5.92. The molecule has 0 aliphatic carbocycles. The molecule has 1 aliphatic rings. The minimum Gasteiger partial charge on any atom is -0.494 e. The van der Waals surface area contributed by atoms with Gasteiger partial charge in [-0.3, -0.25) is 0 Å². The maximum atomic E-state index is 12.9. The van der Waals surface area contributed by atoms with Gasteiger partial charge in [-0.2, -0.15) is 0 Å². The predicted molar refractivity (Wildman–Crippen MR) is 140 cm³/mol. The average molecular weight is 523 g/mol. The summed E-state index contributed by atoms with van der Waals surface area (Å²) >= 11 is 0. The van der Waals surface area contributed by atoms with E-state index in [0.717, 1.165) is 11.1 Å². The number of amides is 2. The summed E-state index contributed by atoms with van der Waals surface area (Å²) in [6.07, 6.45) is -0.304. The van der Waals surface area contributed by atoms with E-state index in [4.69, 9.17) is 18.6 Å². The topological polar surface area (TPSA) is 107 Å². The number of carbonyl (C=O) groups excluding carboxylic acids is 2. The van der Waals surface area contributed by atoms with Gasteiger partial charge in [-0.15, -0.1) is 10.2 Å². The van der Waals surface area contributed by atoms with Crippen molar-refractivity contribution in [2.75, 3.05) is 26.2 Å². The Labute approximate surface area is 222 Å². The molecule has 10 heteroatoms. The molecule has 0 spiro atoms. The van der Waals surface area contributed by atoms with Gasteiger partial charge >= 0.3 is 12.2 Å². The van der Waals surface area contributed by atoms with E-state index < -0.39 is 17.8 Å². The molecule has 1 atom stereocenters. The Kier molecular flexibility index (Phi) is 8.50. The number of hydrogen-bond acceptors (Lipinski definition) is 8. The number of rotatable bonds is 7. The second-order valence-corrected chi connectivity index (χ2v) is 10.1. The molecule has 0 unspecified atom stereocenters. The molecule has 2 amide bonds. The Hall–Kier alpha value is -4.08. The van der Waals surface area contributed by atoms with E-state index in [0.29, 0.717) is 50.2 Å². The molecule has 202 valence electrons. The van der Waals surface area contributed by atoms with E-state index in [2.05, 4.69) is 10.2 Å². The first-order valence-electron chi connectivity index (χ1n) is 12.7. The van der Waals surface area contributed by atoms with E-state index in [1.54, 1.807) is 16.7 Å². The summed E-state index contributed by atoms with van der Waals surface area (Å²) in [4.78, 5) is 29.0. The van der Waals surface area contributed by atoms with Gasteiger partial charge in [0, 0.05) is 38.5 Å². The predicted octanol–water partition coefficient (Wildman–Crippen LogP) is 5.07. The highest BCUT2D eigenvalue weighted by Crippen LogP contribution is 2.23. The number of hydrogen-bond donors (Lipinski definition) is 0. The van der Waals surface area contributed by atoms with Crippen LogP contribution in [0.1, 0.15) is 38.6 Å². The number of carbonyl (C=O) groups is 2. The highest BCUT2D eigenvalue weighted by atomic mass is 16.6. The summed E-state index contributed by atoms with van der Waals surface area (Å²) in [7, 11) is 0. The van der Waals surface area contributed by atoms with E-state index in [1.165, 1.54) is 0 Å². The van der Waals surface area contributed by atoms with Gasteiger partial charge in [0.1, 0.15) is 18.0 Å². The lowest BCUT2D eigenvalue weighted by Gasteiger charge is -2.41. The van der Waals surface area contributed by atoms with Crippen LogP contribution in [-0.4, -0.2) is 70.1 Å². The third kappa shape index (κ3) is 7.47. The van der Waals surface area contributed by atoms with Crippen LogP contribution in [0.25, 0.3) is 11.5 Å². The van der Waals surface area contributed by atoms with Gasteiger partial charge in [0.05, 0.1) is 12.6 Å². The van der Waals surface area contributed by atoms with Gasteiger partial charge in [-0.25, -0.2) is 9.59 Å². The zero-order chi connectivity index (χ0) is 27.1. The first-order chi connectivity index (χ1) is 18.2. The van der Waals surface area contributed by atoms with Gasteiger partial charge in [-0.05, 0) is 50.6 Å². The van der Waals surface area contributed by atoms with Crippen molar-refractivity contribution in [2.45, 2.75) is 52.4 Å². The summed E-state index contributed by atoms with van der Waals surface area (Å²) in [6.45, 7) is 8.81. The molecule has 0 N–H and O–H groups in total. The van der Waals surface area contributed by atoms with Crippen molar-refractivity contribution in [1.29, 1.82) is 0 Å². The largest absolute Gasteiger partial charge is 0.494 e. The molecule has 3 aromatic rings. The van der Waals surface area contributed by atoms with Gasteiger partial charge in [0.25, 0.3) is 0 Å². The Morgan fingerprint density at radius 2 is 1.74 bits per heavy atom. The van der Waals surface area contributed by atoms with E-state index >= 15 is 0 Å². The number of aromatic nitrogens is 2. The van der Waals surface area contributed by atoms with Crippen LogP contribution in [0.2, 0.25) is 0 Å². The summed E-state index contributed by atoms with van der Waals surface area (Å²) in [5.74, 6) is 1.62. The minimum atomic E-state index is -0.622. The SMILES string of the molecule is Cc1nnc(-c2ccc(OCC[C@@H]3CN(C(=O)OCc4ccccc4)CCN3C(=O)OC(C)(C)C)cc2)o1. The van der Waals surface area contributed by atoms with Crippen LogP contribution in [0.5, 0.6) is 5.75 Å². The fraction of sp³-hybridized carbons (Fsp3) is 0.429. The van der Waals surface area contributed by atoms with Crippen molar-refractivity contribution in [1.82, 2.24) is 20.0 Å². The molecule has 2 aromatic carbocycles. The number of nitrogens with zero attached hydrogens (tertiary/aromatic N) is 4. The monoisotopic (exact) mass is 522 g/mol. The summed E-state index contributed by atoms with van der Waals surface area (Å²) in [5.41, 5.74) is 1.09. The molecule has 10 nitrogen and oxygen atoms in total. The number of aryl methyl sites for hydroxylation is 1. The highest BCUT2D eigenvalue weighted by molar-refractivity contribution is 5.71. The minimum absolute atomic E-state index is 0.193. The first kappa shape index (κ1) is 27.0. The molecule has 1 aliphatic heterocycles. The van der Waals surface area contributed by atoms with Gasteiger partial charge in [0.15, 0.2) is 0 Å². The highest BCUT2D eigenvalue weighted by Gasteiger charge is 2.35. The maximum absolute atomic E-state index is 12.9. The molecular formula is C28H34N4O6. The van der Waals surface area contributed by atoms with Gasteiger partial charge < -0.3 is 28.4 Å². The summed E-state index contributed by atoms with van der Waals surface area (Å²) in [5, 5.41) is 7.87. The molecule has 0 radical (unpaired) electrons. The Morgan fingerprint density at radius 3 is 2.39 bits per heavy atom. The summed E-state index contributed by atoms with van der Waals surface area (Å²) in [6, 6.07) is 16.6. The van der Waals surface area contributed by atoms with Crippen molar-refractivity contribution >= 4 is 12.2 Å². The van der Waals surface area contributed by atoms with Crippen LogP contribution in [0.4, 0.5) is 9.59 Å². The second kappa shape index (κ2) is 12.0. The Morgan fingerprint density at radius 1 is 1.00 bits per heavy atom. The number of ether oxygens (including phenoxy) is 3. The molecular weight excluding hydrogens is 488 g/mol. The van der Waals surface area contributed by atoms with Crippen molar-refractivity contribution in [3.05, 3.63) is 66.1 Å². The molecule has 38 heavy (non-hydrogen) atoms. The van der Waals surface area contributed by atoms with Crippen molar-refractivity contribution in [3.63, 3.8) is 0 Å². The molecule has 1 aromatic heterocycles. The summed E-state index contributed by atoms with van der Waals surface area (Å²) < 4.78 is 22.6. The molecule has 1 fully saturated rings. The lowest BCUT2D eigenvalue weighted by atomic mass is 10.1. The van der Waals surface area contributed by atoms with E-state index in [1.807, 2.05) is 75.4 Å². The zero-order valence-corrected chi connectivity index (χ0v) is 22.3. The quantitative estimate of drug-likeness (QED) is 0.423. The van der Waals surface area contributed by atoms with Crippen LogP contribution >= 0.6 is 0 Å². The van der Waals surface area contributed by atoms with Crippen LogP contribution in [-0.2, 0) is 16.1 Å². The van der Waals surface area contributed by atoms with Gasteiger partial charge in [0.2, 0.25) is 11.8 Å². The second-order valence-electron chi connectivity index (χ2n) is 10.1. The maximum Gasteiger partial charge on any atom is 0.410 e. The fourth-order valence-electron chi connectivity index (χ4n) is 4.06. The van der Waals surface area contributed by atoms with Crippen LogP contribution in [0.3, 0.4) is 0 Å². The number of piperazine rings is 1. The smallest absolute Gasteiger partial charge is 0.410 e. The first-order valence-corrected chi connectivity index (χ1v) is 12.7. The van der Waals surface area contributed by atoms with Crippen molar-refractivity contribution in [2.24, 2.45) is 0 Å². The molecule has 0 bridgehead atoms. The standard InChI is InChI=1S/C28H34N4O6/c1-20-29-30-25(37-20)22-10-12-24(13-11-22)35-17-14-23-18-31(15-16-32(23)27(34)38-28(2,3)4)26(33)36-19-21-8-6-5-7-9-21/h5-13,23H,14-19H2,1-4H3/t23-/m1/s1. The molecule has 2 heterocycles. The number of benzene rings is 2. The van der Waals surface area contributed by atoms with Crippen LogP contribution < -0.4 is 4.74 Å². The lowest BCUT2D eigenvalue weighted by Crippen LogP contribution is -2.57.